The Balaban J connectivity index is 1.80. The van der Waals surface area contributed by atoms with Gasteiger partial charge in [-0.3, -0.25) is 0 Å². The van der Waals surface area contributed by atoms with Gasteiger partial charge in [0.25, 0.3) is 0 Å². The second kappa shape index (κ2) is 9.33. The molecule has 0 bridgehead atoms. The molecule has 0 heterocycles. The predicted molar refractivity (Wildman–Crippen MR) is 96.7 cm³/mol. The lowest BCUT2D eigenvalue weighted by molar-refractivity contribution is -0.0944. The van der Waals surface area contributed by atoms with E-state index in [1.54, 1.807) is 25.1 Å². The fraction of sp³-hybridized carbons (Fsp3) is 0.211. The number of benzene rings is 2. The number of nitrogens with two attached hydrogens (primary N) is 1. The van der Waals surface area contributed by atoms with Crippen LogP contribution in [-0.4, -0.2) is 35.8 Å². The van der Waals surface area contributed by atoms with E-state index in [-0.39, 0.29) is 18.1 Å². The fourth-order valence-corrected chi connectivity index (χ4v) is 2.15. The molecule has 0 spiro atoms. The molecule has 0 aliphatic carbocycles. The second-order valence-corrected chi connectivity index (χ2v) is 5.41. The standard InChI is InChI=1S/C19H21NO6/c1-13(26-19(20)23)24-8-9-25-18-6-4-14(5-7-18)2-3-15-10-16(21)12-17(22)11-15/h2-7,10-13,21-22H,8-9H2,1H3,(H2,20,23). The summed E-state index contributed by atoms with van der Waals surface area (Å²) in [6.45, 7) is 2.11. The molecular weight excluding hydrogens is 338 g/mol. The van der Waals surface area contributed by atoms with E-state index in [9.17, 15) is 15.0 Å². The van der Waals surface area contributed by atoms with E-state index in [1.807, 2.05) is 30.3 Å². The number of amides is 1. The minimum absolute atomic E-state index is 0.00571. The minimum Gasteiger partial charge on any atom is -0.508 e. The first-order valence-electron chi connectivity index (χ1n) is 7.94. The normalized spacial score (nSPS) is 12.0. The predicted octanol–water partition coefficient (Wildman–Crippen LogP) is 3.10. The average Bonchev–Trinajstić information content (AvgIpc) is 2.56. The van der Waals surface area contributed by atoms with E-state index in [2.05, 4.69) is 4.74 Å². The summed E-state index contributed by atoms with van der Waals surface area (Å²) in [7, 11) is 0. The molecule has 2 aromatic carbocycles. The minimum atomic E-state index is -0.886. The Morgan fingerprint density at radius 2 is 1.65 bits per heavy atom. The summed E-state index contributed by atoms with van der Waals surface area (Å²) in [4.78, 5) is 10.5. The van der Waals surface area contributed by atoms with Crippen LogP contribution in [0.4, 0.5) is 4.79 Å². The van der Waals surface area contributed by atoms with Gasteiger partial charge in [0.2, 0.25) is 6.29 Å². The molecule has 138 valence electrons. The van der Waals surface area contributed by atoms with Gasteiger partial charge < -0.3 is 30.2 Å². The zero-order chi connectivity index (χ0) is 18.9. The number of phenols is 2. The molecule has 2 rings (SSSR count). The Bertz CT molecular complexity index is 737. The van der Waals surface area contributed by atoms with Crippen LogP contribution in [0.5, 0.6) is 17.2 Å². The average molecular weight is 359 g/mol. The maximum absolute atomic E-state index is 10.5. The molecule has 0 saturated carbocycles. The molecule has 7 nitrogen and oxygen atoms in total. The van der Waals surface area contributed by atoms with Crippen LogP contribution >= 0.6 is 0 Å². The molecule has 0 radical (unpaired) electrons. The third-order valence-corrected chi connectivity index (χ3v) is 3.26. The van der Waals surface area contributed by atoms with Crippen molar-refractivity contribution in [1.82, 2.24) is 0 Å². The third kappa shape index (κ3) is 6.74. The van der Waals surface area contributed by atoms with Crippen molar-refractivity contribution in [3.8, 4) is 17.2 Å². The van der Waals surface area contributed by atoms with Crippen molar-refractivity contribution in [1.29, 1.82) is 0 Å². The summed E-state index contributed by atoms with van der Waals surface area (Å²) in [6, 6.07) is 11.7. The molecule has 1 amide bonds. The van der Waals surface area contributed by atoms with E-state index in [4.69, 9.17) is 15.2 Å². The number of hydrogen-bond donors (Lipinski definition) is 3. The molecule has 0 aliphatic heterocycles. The lowest BCUT2D eigenvalue weighted by Crippen LogP contribution is -2.24. The van der Waals surface area contributed by atoms with Crippen LogP contribution in [0.15, 0.2) is 42.5 Å². The van der Waals surface area contributed by atoms with Gasteiger partial charge in [-0.1, -0.05) is 24.3 Å². The fourth-order valence-electron chi connectivity index (χ4n) is 2.15. The molecule has 0 aliphatic rings. The number of ether oxygens (including phenoxy) is 3. The lowest BCUT2D eigenvalue weighted by atomic mass is 10.1. The van der Waals surface area contributed by atoms with Gasteiger partial charge in [0, 0.05) is 6.07 Å². The van der Waals surface area contributed by atoms with Crippen molar-refractivity contribution in [3.05, 3.63) is 53.6 Å². The van der Waals surface area contributed by atoms with Crippen LogP contribution in [0, 0.1) is 0 Å². The number of primary amides is 1. The zero-order valence-corrected chi connectivity index (χ0v) is 14.3. The number of hydrogen-bond acceptors (Lipinski definition) is 6. The summed E-state index contributed by atoms with van der Waals surface area (Å²) in [6.07, 6.45) is 2.02. The lowest BCUT2D eigenvalue weighted by Gasteiger charge is -2.12. The van der Waals surface area contributed by atoms with Crippen LogP contribution in [0.1, 0.15) is 18.1 Å². The summed E-state index contributed by atoms with van der Waals surface area (Å²) in [5, 5.41) is 18.9. The summed E-state index contributed by atoms with van der Waals surface area (Å²) in [5.74, 6) is 0.682. The Morgan fingerprint density at radius 3 is 2.27 bits per heavy atom. The van der Waals surface area contributed by atoms with E-state index in [0.29, 0.717) is 17.9 Å². The quantitative estimate of drug-likeness (QED) is 0.379. The van der Waals surface area contributed by atoms with E-state index in [1.165, 1.54) is 6.07 Å². The van der Waals surface area contributed by atoms with Crippen molar-refractivity contribution in [2.45, 2.75) is 13.2 Å². The molecule has 0 fully saturated rings. The second-order valence-electron chi connectivity index (χ2n) is 5.41. The van der Waals surface area contributed by atoms with Crippen molar-refractivity contribution in [2.75, 3.05) is 13.2 Å². The number of rotatable bonds is 8. The highest BCUT2D eigenvalue weighted by Gasteiger charge is 2.05. The van der Waals surface area contributed by atoms with Gasteiger partial charge in [-0.25, -0.2) is 4.79 Å². The summed E-state index contributed by atoms with van der Waals surface area (Å²) < 4.78 is 15.3. The highest BCUT2D eigenvalue weighted by Crippen LogP contribution is 2.22. The highest BCUT2D eigenvalue weighted by atomic mass is 16.7. The smallest absolute Gasteiger partial charge is 0.406 e. The molecule has 1 unspecified atom stereocenters. The summed E-state index contributed by atoms with van der Waals surface area (Å²) >= 11 is 0. The van der Waals surface area contributed by atoms with Gasteiger partial charge in [-0.2, -0.15) is 0 Å². The number of carbonyl (C=O) groups excluding carboxylic acids is 1. The van der Waals surface area contributed by atoms with Gasteiger partial charge in [-0.05, 0) is 42.3 Å². The van der Waals surface area contributed by atoms with Gasteiger partial charge in [0.1, 0.15) is 23.9 Å². The van der Waals surface area contributed by atoms with Crippen LogP contribution < -0.4 is 10.5 Å². The monoisotopic (exact) mass is 359 g/mol. The van der Waals surface area contributed by atoms with Gasteiger partial charge in [-0.15, -0.1) is 0 Å². The molecule has 2 aromatic rings. The first-order chi connectivity index (χ1) is 12.4. The molecule has 26 heavy (non-hydrogen) atoms. The molecule has 0 aromatic heterocycles. The van der Waals surface area contributed by atoms with Crippen LogP contribution in [-0.2, 0) is 9.47 Å². The molecule has 4 N–H and O–H groups in total. The Morgan fingerprint density at radius 1 is 1.04 bits per heavy atom. The summed E-state index contributed by atoms with van der Waals surface area (Å²) in [5.41, 5.74) is 6.49. The molecular formula is C19H21NO6. The Kier molecular flexibility index (Phi) is 6.87. The van der Waals surface area contributed by atoms with E-state index < -0.39 is 12.4 Å². The Hall–Kier alpha value is -3.19. The molecule has 7 heteroatoms. The van der Waals surface area contributed by atoms with Crippen molar-refractivity contribution in [3.63, 3.8) is 0 Å². The van der Waals surface area contributed by atoms with Gasteiger partial charge >= 0.3 is 6.09 Å². The van der Waals surface area contributed by atoms with Crippen molar-refractivity contribution >= 4 is 18.2 Å². The topological polar surface area (TPSA) is 111 Å². The van der Waals surface area contributed by atoms with Gasteiger partial charge in [0.15, 0.2) is 0 Å². The first kappa shape index (κ1) is 19.1. The maximum Gasteiger partial charge on any atom is 0.406 e. The van der Waals surface area contributed by atoms with Crippen molar-refractivity contribution in [2.24, 2.45) is 5.73 Å². The number of phenolic OH excluding ortho intramolecular Hbond substituents is 2. The van der Waals surface area contributed by atoms with E-state index >= 15 is 0 Å². The van der Waals surface area contributed by atoms with Gasteiger partial charge in [0.05, 0.1) is 6.61 Å². The van der Waals surface area contributed by atoms with Crippen LogP contribution in [0.3, 0.4) is 0 Å². The largest absolute Gasteiger partial charge is 0.508 e. The number of carbonyl (C=O) groups is 1. The molecule has 0 saturated heterocycles. The molecule has 1 atom stereocenters. The third-order valence-electron chi connectivity index (χ3n) is 3.26. The Labute approximate surface area is 151 Å². The van der Waals surface area contributed by atoms with Crippen LogP contribution in [0.2, 0.25) is 0 Å². The van der Waals surface area contributed by atoms with E-state index in [0.717, 1.165) is 5.56 Å². The van der Waals surface area contributed by atoms with Crippen LogP contribution in [0.25, 0.3) is 12.2 Å². The first-order valence-corrected chi connectivity index (χ1v) is 7.94. The SMILES string of the molecule is CC(OCCOc1ccc(C=Cc2cc(O)cc(O)c2)cc1)OC(N)=O. The number of aromatic hydroxyl groups is 2. The highest BCUT2D eigenvalue weighted by molar-refractivity contribution is 5.71. The zero-order valence-electron chi connectivity index (χ0n) is 14.3. The van der Waals surface area contributed by atoms with Crippen molar-refractivity contribution < 1.29 is 29.2 Å². The maximum atomic E-state index is 10.5.